The van der Waals surface area contributed by atoms with E-state index in [1.165, 1.54) is 6.42 Å². The number of amides is 3. The summed E-state index contributed by atoms with van der Waals surface area (Å²) in [5, 5.41) is 8.36. The molecular weight excluding hydrogens is 406 g/mol. The largest absolute Gasteiger partial charge is 0.377 e. The normalized spacial score (nSPS) is 12.8. The van der Waals surface area contributed by atoms with E-state index in [0.29, 0.717) is 25.3 Å². The second kappa shape index (κ2) is 15.4. The number of carbonyl (C=O) groups excluding carboxylic acids is 3. The van der Waals surface area contributed by atoms with Crippen molar-refractivity contribution >= 4 is 23.4 Å². The molecule has 0 fully saturated rings. The third-order valence-electron chi connectivity index (χ3n) is 5.22. The van der Waals surface area contributed by atoms with Gasteiger partial charge in [0.1, 0.15) is 12.1 Å². The fourth-order valence-electron chi connectivity index (χ4n) is 3.19. The molecule has 0 bridgehead atoms. The molecule has 0 heterocycles. The van der Waals surface area contributed by atoms with Crippen molar-refractivity contribution in [1.29, 1.82) is 0 Å². The predicted octanol–water partition coefficient (Wildman–Crippen LogP) is 4.17. The highest BCUT2D eigenvalue weighted by molar-refractivity contribution is 5.98. The van der Waals surface area contributed by atoms with Crippen LogP contribution in [0, 0.1) is 5.92 Å². The van der Waals surface area contributed by atoms with E-state index in [2.05, 4.69) is 22.9 Å². The average Bonchev–Trinajstić information content (AvgIpc) is 2.76. The molecule has 7 heteroatoms. The van der Waals surface area contributed by atoms with Crippen molar-refractivity contribution in [3.05, 3.63) is 29.8 Å². The lowest BCUT2D eigenvalue weighted by Gasteiger charge is -2.24. The molecule has 3 amide bonds. The van der Waals surface area contributed by atoms with Crippen LogP contribution < -0.4 is 16.0 Å². The van der Waals surface area contributed by atoms with Crippen molar-refractivity contribution < 1.29 is 19.1 Å². The Balaban J connectivity index is 2.53. The Bertz CT molecular complexity index is 704. The summed E-state index contributed by atoms with van der Waals surface area (Å²) in [4.78, 5) is 37.5. The van der Waals surface area contributed by atoms with Gasteiger partial charge in [-0.25, -0.2) is 0 Å². The maximum Gasteiger partial charge on any atom is 0.246 e. The summed E-state index contributed by atoms with van der Waals surface area (Å²) in [5.41, 5.74) is 1.67. The molecule has 180 valence electrons. The van der Waals surface area contributed by atoms with E-state index in [0.717, 1.165) is 31.2 Å². The molecule has 2 atom stereocenters. The summed E-state index contributed by atoms with van der Waals surface area (Å²) in [6.45, 7) is 10.6. The molecule has 0 unspecified atom stereocenters. The van der Waals surface area contributed by atoms with Crippen molar-refractivity contribution in [2.45, 2.75) is 91.8 Å². The van der Waals surface area contributed by atoms with Crippen LogP contribution >= 0.6 is 0 Å². The number of anilines is 1. The van der Waals surface area contributed by atoms with Crippen LogP contribution in [0.15, 0.2) is 24.3 Å². The zero-order chi connectivity index (χ0) is 23.9. The average molecular weight is 448 g/mol. The van der Waals surface area contributed by atoms with Crippen molar-refractivity contribution in [3.8, 4) is 0 Å². The third kappa shape index (κ3) is 10.8. The Morgan fingerprint density at radius 2 is 1.53 bits per heavy atom. The van der Waals surface area contributed by atoms with Gasteiger partial charge in [-0.05, 0) is 43.9 Å². The molecule has 1 rings (SSSR count). The minimum atomic E-state index is -0.738. The summed E-state index contributed by atoms with van der Waals surface area (Å²) >= 11 is 0. The van der Waals surface area contributed by atoms with Crippen LogP contribution in [0.5, 0.6) is 0 Å². The van der Waals surface area contributed by atoms with Crippen LogP contribution in [0.3, 0.4) is 0 Å². The summed E-state index contributed by atoms with van der Waals surface area (Å²) in [6, 6.07) is 5.98. The maximum atomic E-state index is 12.7. The highest BCUT2D eigenvalue weighted by Crippen LogP contribution is 2.11. The zero-order valence-electron chi connectivity index (χ0n) is 20.3. The summed E-state index contributed by atoms with van der Waals surface area (Å²) in [7, 11) is 0. The molecule has 0 saturated carbocycles. The number of rotatable bonds is 15. The van der Waals surface area contributed by atoms with Crippen molar-refractivity contribution in [1.82, 2.24) is 10.6 Å². The Labute approximate surface area is 193 Å². The first kappa shape index (κ1) is 27.6. The Morgan fingerprint density at radius 3 is 2.12 bits per heavy atom. The van der Waals surface area contributed by atoms with E-state index in [1.807, 2.05) is 32.9 Å². The molecule has 0 aliphatic heterocycles. The van der Waals surface area contributed by atoms with Gasteiger partial charge in [-0.1, -0.05) is 58.6 Å². The second-order valence-corrected chi connectivity index (χ2v) is 8.51. The van der Waals surface area contributed by atoms with Gasteiger partial charge in [0.25, 0.3) is 0 Å². The topological polar surface area (TPSA) is 96.5 Å². The monoisotopic (exact) mass is 447 g/mol. The molecule has 0 aliphatic rings. The van der Waals surface area contributed by atoms with E-state index in [1.54, 1.807) is 19.1 Å². The quantitative estimate of drug-likeness (QED) is 0.352. The van der Waals surface area contributed by atoms with Crippen LogP contribution in [0.25, 0.3) is 0 Å². The van der Waals surface area contributed by atoms with Gasteiger partial charge >= 0.3 is 0 Å². The standard InChI is InChI=1S/C25H41N3O4/c1-6-8-9-10-11-12-22(29)28-23(18(3)4)25(31)26-19(5)24(30)27-21-15-13-20(14-16-21)17-32-7-2/h13-16,18-19,23H,6-12,17H2,1-5H3,(H,26,31)(H,27,30)(H,28,29)/t19-,23-/m0/s1. The number of benzene rings is 1. The summed E-state index contributed by atoms with van der Waals surface area (Å²) < 4.78 is 5.36. The number of hydrogen-bond donors (Lipinski definition) is 3. The van der Waals surface area contributed by atoms with Crippen molar-refractivity contribution in [2.75, 3.05) is 11.9 Å². The van der Waals surface area contributed by atoms with Crippen LogP contribution in [0.4, 0.5) is 5.69 Å². The molecule has 0 spiro atoms. The van der Waals surface area contributed by atoms with Gasteiger partial charge in [0.15, 0.2) is 0 Å². The Morgan fingerprint density at radius 1 is 0.875 bits per heavy atom. The van der Waals surface area contributed by atoms with E-state index in [9.17, 15) is 14.4 Å². The molecule has 3 N–H and O–H groups in total. The number of hydrogen-bond acceptors (Lipinski definition) is 4. The molecule has 32 heavy (non-hydrogen) atoms. The van der Waals surface area contributed by atoms with Crippen LogP contribution in [0.1, 0.15) is 78.7 Å². The lowest BCUT2D eigenvalue weighted by Crippen LogP contribution is -2.53. The highest BCUT2D eigenvalue weighted by atomic mass is 16.5. The molecule has 0 radical (unpaired) electrons. The molecular formula is C25H41N3O4. The third-order valence-corrected chi connectivity index (χ3v) is 5.22. The van der Waals surface area contributed by atoms with Gasteiger partial charge < -0.3 is 20.7 Å². The van der Waals surface area contributed by atoms with Gasteiger partial charge in [0.05, 0.1) is 6.61 Å². The summed E-state index contributed by atoms with van der Waals surface area (Å²) in [6.07, 6.45) is 5.71. The Kier molecular flexibility index (Phi) is 13.3. The predicted molar refractivity (Wildman–Crippen MR) is 128 cm³/mol. The Hall–Kier alpha value is -2.41. The molecule has 0 saturated heterocycles. The number of ether oxygens (including phenoxy) is 1. The first-order valence-electron chi connectivity index (χ1n) is 11.9. The van der Waals surface area contributed by atoms with Crippen molar-refractivity contribution in [2.24, 2.45) is 5.92 Å². The fraction of sp³-hybridized carbons (Fsp3) is 0.640. The van der Waals surface area contributed by atoms with Crippen molar-refractivity contribution in [3.63, 3.8) is 0 Å². The van der Waals surface area contributed by atoms with E-state index < -0.39 is 12.1 Å². The van der Waals surface area contributed by atoms with E-state index in [-0.39, 0.29) is 23.6 Å². The molecule has 0 aromatic heterocycles. The van der Waals surface area contributed by atoms with Gasteiger partial charge in [0, 0.05) is 18.7 Å². The molecule has 1 aromatic carbocycles. The SMILES string of the molecule is CCCCCCCC(=O)N[C@H](C(=O)N[C@@H](C)C(=O)Nc1ccc(COCC)cc1)C(C)C. The molecule has 0 aliphatic carbocycles. The van der Waals surface area contributed by atoms with Crippen LogP contribution in [0.2, 0.25) is 0 Å². The second-order valence-electron chi connectivity index (χ2n) is 8.51. The molecule has 1 aromatic rings. The lowest BCUT2D eigenvalue weighted by atomic mass is 10.0. The maximum absolute atomic E-state index is 12.7. The van der Waals surface area contributed by atoms with Gasteiger partial charge in [-0.2, -0.15) is 0 Å². The van der Waals surface area contributed by atoms with E-state index in [4.69, 9.17) is 4.74 Å². The minimum absolute atomic E-state index is 0.0906. The number of nitrogens with one attached hydrogen (secondary N) is 3. The highest BCUT2D eigenvalue weighted by Gasteiger charge is 2.26. The van der Waals surface area contributed by atoms with Gasteiger partial charge in [-0.15, -0.1) is 0 Å². The number of carbonyl (C=O) groups is 3. The first-order chi connectivity index (χ1) is 15.3. The van der Waals surface area contributed by atoms with Gasteiger partial charge in [-0.3, -0.25) is 14.4 Å². The molecule has 7 nitrogen and oxygen atoms in total. The van der Waals surface area contributed by atoms with Crippen LogP contribution in [-0.2, 0) is 25.7 Å². The zero-order valence-corrected chi connectivity index (χ0v) is 20.3. The van der Waals surface area contributed by atoms with Crippen LogP contribution in [-0.4, -0.2) is 36.4 Å². The first-order valence-corrected chi connectivity index (χ1v) is 11.9. The van der Waals surface area contributed by atoms with Gasteiger partial charge in [0.2, 0.25) is 17.7 Å². The fourth-order valence-corrected chi connectivity index (χ4v) is 3.19. The lowest BCUT2D eigenvalue weighted by molar-refractivity contribution is -0.131. The summed E-state index contributed by atoms with van der Waals surface area (Å²) in [5.74, 6) is -0.888. The minimum Gasteiger partial charge on any atom is -0.377 e. The number of unbranched alkanes of at least 4 members (excludes halogenated alkanes) is 4. The smallest absolute Gasteiger partial charge is 0.246 e. The van der Waals surface area contributed by atoms with E-state index >= 15 is 0 Å².